The van der Waals surface area contributed by atoms with E-state index in [1.54, 1.807) is 19.2 Å². The molecule has 1 aliphatic heterocycles. The molecule has 1 heterocycles. The number of rotatable bonds is 6. The Morgan fingerprint density at radius 1 is 1.19 bits per heavy atom. The lowest BCUT2D eigenvalue weighted by molar-refractivity contribution is 0.185. The van der Waals surface area contributed by atoms with Gasteiger partial charge in [-0.25, -0.2) is 9.18 Å². The van der Waals surface area contributed by atoms with E-state index in [1.807, 2.05) is 24.3 Å². The predicted molar refractivity (Wildman–Crippen MR) is 101 cm³/mol. The number of nitrogens with zero attached hydrogens (tertiary/aromatic N) is 1. The van der Waals surface area contributed by atoms with Crippen LogP contribution in [0.2, 0.25) is 0 Å². The number of ether oxygens (including phenoxy) is 1. The molecule has 1 saturated heterocycles. The van der Waals surface area contributed by atoms with Crippen LogP contribution in [-0.4, -0.2) is 32.8 Å². The van der Waals surface area contributed by atoms with Crippen molar-refractivity contribution in [1.29, 1.82) is 0 Å². The van der Waals surface area contributed by atoms with Crippen molar-refractivity contribution in [3.05, 3.63) is 59.9 Å². The Bertz CT molecular complexity index is 719. The Hall–Kier alpha value is -2.60. The average molecular weight is 357 g/mol. The van der Waals surface area contributed by atoms with Crippen LogP contribution in [0.4, 0.5) is 20.6 Å². The summed E-state index contributed by atoms with van der Waals surface area (Å²) in [5.41, 5.74) is 2.83. The first kappa shape index (κ1) is 18.2. The van der Waals surface area contributed by atoms with E-state index in [0.717, 1.165) is 36.4 Å². The summed E-state index contributed by atoms with van der Waals surface area (Å²) < 4.78 is 18.1. The van der Waals surface area contributed by atoms with Crippen LogP contribution >= 0.6 is 0 Å². The minimum absolute atomic E-state index is 0.204. The minimum Gasteiger partial charge on any atom is -0.380 e. The second-order valence-corrected chi connectivity index (χ2v) is 6.54. The van der Waals surface area contributed by atoms with Crippen LogP contribution in [-0.2, 0) is 11.3 Å². The number of methoxy groups -OCH3 is 1. The van der Waals surface area contributed by atoms with Gasteiger partial charge in [0.2, 0.25) is 0 Å². The van der Waals surface area contributed by atoms with Crippen molar-refractivity contribution < 1.29 is 13.9 Å². The molecule has 1 aliphatic rings. The van der Waals surface area contributed by atoms with Crippen LogP contribution in [0, 0.1) is 11.7 Å². The summed E-state index contributed by atoms with van der Waals surface area (Å²) in [4.78, 5) is 14.3. The molecule has 1 fully saturated rings. The van der Waals surface area contributed by atoms with Gasteiger partial charge < -0.3 is 20.3 Å². The Balaban J connectivity index is 1.42. The van der Waals surface area contributed by atoms with E-state index < -0.39 is 0 Å². The van der Waals surface area contributed by atoms with Crippen molar-refractivity contribution >= 4 is 17.4 Å². The van der Waals surface area contributed by atoms with Gasteiger partial charge in [0.1, 0.15) is 5.82 Å². The molecular weight excluding hydrogens is 333 g/mol. The maximum atomic E-state index is 13.0. The van der Waals surface area contributed by atoms with Crippen LogP contribution in [0.25, 0.3) is 0 Å². The van der Waals surface area contributed by atoms with E-state index in [0.29, 0.717) is 19.1 Å². The van der Waals surface area contributed by atoms with Crippen molar-refractivity contribution in [2.45, 2.75) is 13.0 Å². The van der Waals surface area contributed by atoms with Gasteiger partial charge in [0, 0.05) is 38.1 Å². The van der Waals surface area contributed by atoms with Gasteiger partial charge in [-0.15, -0.1) is 0 Å². The third-order valence-electron chi connectivity index (χ3n) is 4.55. The summed E-state index contributed by atoms with van der Waals surface area (Å²) in [6, 6.07) is 13.9. The second kappa shape index (κ2) is 8.67. The molecule has 138 valence electrons. The Kier molecular flexibility index (Phi) is 6.07. The molecule has 0 unspecified atom stereocenters. The number of nitrogens with one attached hydrogen (secondary N) is 2. The molecule has 2 aromatic rings. The molecule has 0 bridgehead atoms. The fourth-order valence-corrected chi connectivity index (χ4v) is 3.15. The molecular formula is C20H24FN3O2. The molecule has 0 radical (unpaired) electrons. The number of carbonyl (C=O) groups is 1. The third-order valence-corrected chi connectivity index (χ3v) is 4.55. The average Bonchev–Trinajstić information content (AvgIpc) is 3.11. The molecule has 5 nitrogen and oxygen atoms in total. The second-order valence-electron chi connectivity index (χ2n) is 6.54. The molecule has 2 aromatic carbocycles. The molecule has 26 heavy (non-hydrogen) atoms. The smallest absolute Gasteiger partial charge is 0.319 e. The maximum Gasteiger partial charge on any atom is 0.319 e. The topological polar surface area (TPSA) is 53.6 Å². The molecule has 0 aliphatic carbocycles. The van der Waals surface area contributed by atoms with Crippen LogP contribution < -0.4 is 15.5 Å². The highest BCUT2D eigenvalue weighted by Crippen LogP contribution is 2.23. The molecule has 1 atom stereocenters. The predicted octanol–water partition coefficient (Wildman–Crippen LogP) is 3.62. The summed E-state index contributed by atoms with van der Waals surface area (Å²) in [5.74, 6) is 0.160. The lowest BCUT2D eigenvalue weighted by Crippen LogP contribution is -2.34. The van der Waals surface area contributed by atoms with E-state index in [9.17, 15) is 9.18 Å². The summed E-state index contributed by atoms with van der Waals surface area (Å²) in [6.45, 7) is 2.95. The first-order valence-electron chi connectivity index (χ1n) is 8.77. The van der Waals surface area contributed by atoms with Crippen LogP contribution in [0.15, 0.2) is 48.5 Å². The summed E-state index contributed by atoms with van der Waals surface area (Å²) in [7, 11) is 1.65. The molecule has 3 rings (SSSR count). The lowest BCUT2D eigenvalue weighted by atomic mass is 10.1. The minimum atomic E-state index is -0.224. The molecule has 0 spiro atoms. The van der Waals surface area contributed by atoms with Gasteiger partial charge >= 0.3 is 6.03 Å². The van der Waals surface area contributed by atoms with Gasteiger partial charge in [-0.2, -0.15) is 0 Å². The molecule has 2 amide bonds. The zero-order valence-corrected chi connectivity index (χ0v) is 14.9. The van der Waals surface area contributed by atoms with Gasteiger partial charge in [0.25, 0.3) is 0 Å². The van der Waals surface area contributed by atoms with E-state index in [1.165, 1.54) is 12.1 Å². The Morgan fingerprint density at radius 2 is 1.92 bits per heavy atom. The molecule has 0 aromatic heterocycles. The largest absolute Gasteiger partial charge is 0.380 e. The summed E-state index contributed by atoms with van der Waals surface area (Å²) in [5, 5.41) is 5.77. The number of urea groups is 1. The number of halogens is 1. The van der Waals surface area contributed by atoms with Gasteiger partial charge in [-0.05, 0) is 54.3 Å². The van der Waals surface area contributed by atoms with E-state index in [2.05, 4.69) is 15.5 Å². The molecule has 2 N–H and O–H groups in total. The fourth-order valence-electron chi connectivity index (χ4n) is 3.15. The van der Waals surface area contributed by atoms with Crippen LogP contribution in [0.1, 0.15) is 12.0 Å². The van der Waals surface area contributed by atoms with Crippen LogP contribution in [0.5, 0.6) is 0 Å². The van der Waals surface area contributed by atoms with Crippen molar-refractivity contribution in [3.63, 3.8) is 0 Å². The SMILES string of the molecule is COCc1ccc(NC(=O)NC[C@H]2CCN(c3ccc(F)cc3)C2)cc1. The number of hydrogen-bond donors (Lipinski definition) is 2. The van der Waals surface area contributed by atoms with Gasteiger partial charge in [-0.3, -0.25) is 0 Å². The zero-order chi connectivity index (χ0) is 18.4. The number of amides is 2. The summed E-state index contributed by atoms with van der Waals surface area (Å²) >= 11 is 0. The monoisotopic (exact) mass is 357 g/mol. The van der Waals surface area contributed by atoms with Gasteiger partial charge in [0.15, 0.2) is 0 Å². The van der Waals surface area contributed by atoms with Gasteiger partial charge in [0.05, 0.1) is 6.61 Å². The molecule has 6 heteroatoms. The third kappa shape index (κ3) is 4.95. The van der Waals surface area contributed by atoms with Gasteiger partial charge in [-0.1, -0.05) is 12.1 Å². The highest BCUT2D eigenvalue weighted by atomic mass is 19.1. The highest BCUT2D eigenvalue weighted by molar-refractivity contribution is 5.89. The standard InChI is InChI=1S/C20H24FN3O2/c1-26-14-15-2-6-18(7-3-15)23-20(25)22-12-16-10-11-24(13-16)19-8-4-17(21)5-9-19/h2-9,16H,10-14H2,1H3,(H2,22,23,25)/t16-/m1/s1. The Morgan fingerprint density at radius 3 is 2.62 bits per heavy atom. The zero-order valence-electron chi connectivity index (χ0n) is 14.9. The summed E-state index contributed by atoms with van der Waals surface area (Å²) in [6.07, 6.45) is 1.00. The van der Waals surface area contributed by atoms with Crippen molar-refractivity contribution in [2.75, 3.05) is 37.0 Å². The fraction of sp³-hybridized carbons (Fsp3) is 0.350. The quantitative estimate of drug-likeness (QED) is 0.830. The maximum absolute atomic E-state index is 13.0. The Labute approximate surface area is 153 Å². The van der Waals surface area contributed by atoms with E-state index >= 15 is 0 Å². The first-order valence-corrected chi connectivity index (χ1v) is 8.77. The van der Waals surface area contributed by atoms with Crippen molar-refractivity contribution in [1.82, 2.24) is 5.32 Å². The highest BCUT2D eigenvalue weighted by Gasteiger charge is 2.23. The number of benzene rings is 2. The van der Waals surface area contributed by atoms with Crippen LogP contribution in [0.3, 0.4) is 0 Å². The van der Waals surface area contributed by atoms with E-state index in [-0.39, 0.29) is 11.8 Å². The molecule has 0 saturated carbocycles. The van der Waals surface area contributed by atoms with Crippen molar-refractivity contribution in [2.24, 2.45) is 5.92 Å². The normalized spacial score (nSPS) is 16.5. The lowest BCUT2D eigenvalue weighted by Gasteiger charge is -2.19. The van der Waals surface area contributed by atoms with E-state index in [4.69, 9.17) is 4.74 Å². The number of anilines is 2. The van der Waals surface area contributed by atoms with Crippen molar-refractivity contribution in [3.8, 4) is 0 Å². The number of carbonyl (C=O) groups excluding carboxylic acids is 1. The number of hydrogen-bond acceptors (Lipinski definition) is 3. The first-order chi connectivity index (χ1) is 12.6.